The molecule has 0 amide bonds. The van der Waals surface area contributed by atoms with Gasteiger partial charge in [0.15, 0.2) is 18.2 Å². The van der Waals surface area contributed by atoms with Gasteiger partial charge in [-0.1, -0.05) is 15.9 Å². The van der Waals surface area contributed by atoms with Crippen LogP contribution in [0.15, 0.2) is 45.2 Å². The second-order valence-corrected chi connectivity index (χ2v) is 8.73. The molecule has 6 nitrogen and oxygen atoms in total. The molecule has 0 radical (unpaired) electrons. The predicted octanol–water partition coefficient (Wildman–Crippen LogP) is 4.35. The molecule has 0 spiro atoms. The van der Waals surface area contributed by atoms with Crippen molar-refractivity contribution in [2.45, 2.75) is 51.4 Å². The molecule has 1 N–H and O–H groups in total. The number of Topliss-reactive ketones (excluding diaryl/α,β-unsaturated/α-hetero) is 2. The Morgan fingerprint density at radius 3 is 2.23 bits per heavy atom. The van der Waals surface area contributed by atoms with E-state index in [9.17, 15) is 14.4 Å². The number of carboxylic acid groups (broad SMARTS) is 1. The highest BCUT2D eigenvalue weighted by atomic mass is 79.9. The summed E-state index contributed by atoms with van der Waals surface area (Å²) in [5.41, 5.74) is 4.05. The molecular weight excluding hydrogens is 450 g/mol. The normalized spacial score (nSPS) is 19.7. The Hall–Kier alpha value is -2.41. The maximum Gasteiger partial charge on any atom is 0.341 e. The van der Waals surface area contributed by atoms with Gasteiger partial charge in [0.25, 0.3) is 0 Å². The number of ether oxygens (including phenoxy) is 1. The third kappa shape index (κ3) is 3.60. The number of carbonyl (C=O) groups is 3. The van der Waals surface area contributed by atoms with Gasteiger partial charge in [0.2, 0.25) is 0 Å². The number of halogens is 1. The Morgan fingerprint density at radius 1 is 1.10 bits per heavy atom. The van der Waals surface area contributed by atoms with Crippen LogP contribution >= 0.6 is 15.9 Å². The van der Waals surface area contributed by atoms with Crippen LogP contribution in [-0.4, -0.2) is 40.7 Å². The second-order valence-electron chi connectivity index (χ2n) is 7.82. The number of aliphatic carboxylic acids is 1. The fraction of sp³-hybridized carbons (Fsp3) is 0.435. The summed E-state index contributed by atoms with van der Waals surface area (Å²) in [5.74, 6) is -1.07. The minimum Gasteiger partial charge on any atom is -0.482 e. The minimum absolute atomic E-state index is 0.0637. The monoisotopic (exact) mass is 473 g/mol. The molecule has 0 bridgehead atoms. The summed E-state index contributed by atoms with van der Waals surface area (Å²) < 4.78 is 6.37. The van der Waals surface area contributed by atoms with E-state index < -0.39 is 18.5 Å². The first-order chi connectivity index (χ1) is 14.4. The molecular formula is C23H24BrNO5. The van der Waals surface area contributed by atoms with Crippen molar-refractivity contribution in [3.05, 3.63) is 50.8 Å². The smallest absolute Gasteiger partial charge is 0.341 e. The number of nitrogens with zero attached hydrogens (tertiary/aromatic N) is 1. The van der Waals surface area contributed by atoms with Gasteiger partial charge >= 0.3 is 5.97 Å². The zero-order valence-electron chi connectivity index (χ0n) is 16.9. The van der Waals surface area contributed by atoms with Gasteiger partial charge < -0.3 is 14.7 Å². The molecule has 0 fully saturated rings. The van der Waals surface area contributed by atoms with Crippen molar-refractivity contribution < 1.29 is 24.2 Å². The molecule has 4 rings (SSSR count). The van der Waals surface area contributed by atoms with Crippen molar-refractivity contribution >= 4 is 33.5 Å². The molecule has 0 saturated carbocycles. The zero-order valence-corrected chi connectivity index (χ0v) is 18.5. The first-order valence-electron chi connectivity index (χ1n) is 10.4. The number of benzene rings is 1. The Kier molecular flexibility index (Phi) is 5.82. The van der Waals surface area contributed by atoms with Crippen LogP contribution in [0.1, 0.15) is 56.9 Å². The van der Waals surface area contributed by atoms with Gasteiger partial charge in [-0.15, -0.1) is 0 Å². The second kappa shape index (κ2) is 8.38. The molecule has 2 aliphatic carbocycles. The van der Waals surface area contributed by atoms with E-state index in [0.29, 0.717) is 41.8 Å². The summed E-state index contributed by atoms with van der Waals surface area (Å²) in [6.07, 6.45) is 4.13. The molecule has 0 unspecified atom stereocenters. The van der Waals surface area contributed by atoms with Gasteiger partial charge in [0.1, 0.15) is 5.75 Å². The van der Waals surface area contributed by atoms with Gasteiger partial charge in [-0.05, 0) is 50.8 Å². The molecule has 0 atom stereocenters. The summed E-state index contributed by atoms with van der Waals surface area (Å²) in [5, 5.41) is 9.09. The summed E-state index contributed by atoms with van der Waals surface area (Å²) >= 11 is 3.49. The topological polar surface area (TPSA) is 83.9 Å². The van der Waals surface area contributed by atoms with Crippen molar-refractivity contribution in [3.63, 3.8) is 0 Å². The molecule has 1 aliphatic heterocycles. The standard InChI is InChI=1S/C23H24BrNO5/c1-2-25-15-5-3-7-17(26)22(15)21(23-16(25)6-4-8-18(23)27)14-11-13(24)9-10-19(14)30-12-20(28)29/h9-11,21H,2-8,12H2,1H3,(H,28,29). The highest BCUT2D eigenvalue weighted by Crippen LogP contribution is 2.51. The molecule has 7 heteroatoms. The Labute approximate surface area is 183 Å². The lowest BCUT2D eigenvalue weighted by molar-refractivity contribution is -0.139. The number of hydrogen-bond acceptors (Lipinski definition) is 5. The summed E-state index contributed by atoms with van der Waals surface area (Å²) in [6, 6.07) is 5.33. The van der Waals surface area contributed by atoms with Crippen LogP contribution in [0.2, 0.25) is 0 Å². The predicted molar refractivity (Wildman–Crippen MR) is 114 cm³/mol. The maximum absolute atomic E-state index is 13.2. The highest BCUT2D eigenvalue weighted by Gasteiger charge is 2.43. The molecule has 1 aromatic carbocycles. The molecule has 30 heavy (non-hydrogen) atoms. The largest absolute Gasteiger partial charge is 0.482 e. The van der Waals surface area contributed by atoms with Gasteiger partial charge in [-0.3, -0.25) is 9.59 Å². The van der Waals surface area contributed by atoms with E-state index in [0.717, 1.165) is 41.6 Å². The average molecular weight is 474 g/mol. The van der Waals surface area contributed by atoms with E-state index in [1.165, 1.54) is 0 Å². The van der Waals surface area contributed by atoms with Gasteiger partial charge in [0, 0.05) is 57.9 Å². The SMILES string of the molecule is CCN1C2=C(C(=O)CCC2)C(c2cc(Br)ccc2OCC(=O)O)C2=C1CCCC2=O. The quantitative estimate of drug-likeness (QED) is 0.684. The van der Waals surface area contributed by atoms with Crippen molar-refractivity contribution in [2.75, 3.05) is 13.2 Å². The molecule has 0 saturated heterocycles. The average Bonchev–Trinajstić information content (AvgIpc) is 2.71. The van der Waals surface area contributed by atoms with Crippen LogP contribution in [0.4, 0.5) is 0 Å². The van der Waals surface area contributed by atoms with Crippen molar-refractivity contribution in [1.82, 2.24) is 4.90 Å². The lowest BCUT2D eigenvalue weighted by atomic mass is 9.70. The van der Waals surface area contributed by atoms with E-state index in [4.69, 9.17) is 9.84 Å². The first-order valence-corrected chi connectivity index (χ1v) is 11.2. The van der Waals surface area contributed by atoms with Crippen molar-refractivity contribution in [2.24, 2.45) is 0 Å². The number of allylic oxidation sites excluding steroid dienone is 4. The molecule has 158 valence electrons. The van der Waals surface area contributed by atoms with Crippen LogP contribution in [0, 0.1) is 0 Å². The molecule has 1 aromatic rings. The van der Waals surface area contributed by atoms with Crippen molar-refractivity contribution in [3.8, 4) is 5.75 Å². The lowest BCUT2D eigenvalue weighted by Gasteiger charge is -2.43. The number of carbonyl (C=O) groups excluding carboxylic acids is 2. The van der Waals surface area contributed by atoms with E-state index in [2.05, 4.69) is 20.8 Å². The molecule has 0 aromatic heterocycles. The zero-order chi connectivity index (χ0) is 21.4. The van der Waals surface area contributed by atoms with Crippen molar-refractivity contribution in [1.29, 1.82) is 0 Å². The molecule has 1 heterocycles. The third-order valence-electron chi connectivity index (χ3n) is 6.04. The third-order valence-corrected chi connectivity index (χ3v) is 6.53. The fourth-order valence-electron chi connectivity index (χ4n) is 4.93. The number of rotatable bonds is 5. The lowest BCUT2D eigenvalue weighted by Crippen LogP contribution is -2.39. The van der Waals surface area contributed by atoms with E-state index >= 15 is 0 Å². The Balaban J connectivity index is 1.95. The summed E-state index contributed by atoms with van der Waals surface area (Å²) in [7, 11) is 0. The van der Waals surface area contributed by atoms with Crippen LogP contribution < -0.4 is 4.74 Å². The highest BCUT2D eigenvalue weighted by molar-refractivity contribution is 9.10. The number of ketones is 2. The van der Waals surface area contributed by atoms with Gasteiger partial charge in [-0.25, -0.2) is 4.79 Å². The summed E-state index contributed by atoms with van der Waals surface area (Å²) in [6.45, 7) is 2.28. The number of hydrogen-bond donors (Lipinski definition) is 1. The van der Waals surface area contributed by atoms with Crippen LogP contribution in [0.5, 0.6) is 5.75 Å². The summed E-state index contributed by atoms with van der Waals surface area (Å²) in [4.78, 5) is 39.6. The molecule has 3 aliphatic rings. The van der Waals surface area contributed by atoms with Crippen LogP contribution in [-0.2, 0) is 14.4 Å². The maximum atomic E-state index is 13.2. The van der Waals surface area contributed by atoms with Gasteiger partial charge in [-0.2, -0.15) is 0 Å². The number of carboxylic acids is 1. The van der Waals surface area contributed by atoms with E-state index in [1.807, 2.05) is 13.0 Å². The van der Waals surface area contributed by atoms with Gasteiger partial charge in [0.05, 0.1) is 0 Å². The van der Waals surface area contributed by atoms with E-state index in [1.54, 1.807) is 12.1 Å². The minimum atomic E-state index is -1.08. The first kappa shape index (κ1) is 20.8. The van der Waals surface area contributed by atoms with E-state index in [-0.39, 0.29) is 11.6 Å². The Morgan fingerprint density at radius 2 is 1.70 bits per heavy atom. The van der Waals surface area contributed by atoms with Crippen LogP contribution in [0.3, 0.4) is 0 Å². The fourth-order valence-corrected chi connectivity index (χ4v) is 5.30. The van der Waals surface area contributed by atoms with Crippen LogP contribution in [0.25, 0.3) is 0 Å². The Bertz CT molecular complexity index is 949.